The highest BCUT2D eigenvalue weighted by atomic mass is 28.4. The number of carbonyl (C=O) groups is 1. The van der Waals surface area contributed by atoms with Crippen LogP contribution >= 0.6 is 0 Å². The molecule has 0 aromatic heterocycles. The number of nitriles is 1. The lowest BCUT2D eigenvalue weighted by Crippen LogP contribution is -2.56. The van der Waals surface area contributed by atoms with E-state index in [1.807, 2.05) is 0 Å². The van der Waals surface area contributed by atoms with Gasteiger partial charge in [-0.25, -0.2) is 4.79 Å². The number of carboxylic acids is 1. The Morgan fingerprint density at radius 1 is 1.26 bits per heavy atom. The number of aliphatic hydroxyl groups excluding tert-OH is 1. The third-order valence-corrected chi connectivity index (χ3v) is 12.9. The second-order valence-corrected chi connectivity index (χ2v) is 17.2. The summed E-state index contributed by atoms with van der Waals surface area (Å²) in [6.07, 6.45) is -1.40. The molecule has 1 aliphatic rings. The van der Waals surface area contributed by atoms with E-state index in [1.165, 1.54) is 20.3 Å². The van der Waals surface area contributed by atoms with E-state index in [0.717, 1.165) is 0 Å². The Labute approximate surface area is 234 Å². The summed E-state index contributed by atoms with van der Waals surface area (Å²) >= 11 is 0. The molecule has 216 valence electrons. The number of nitrogens with zero attached hydrogens (tertiary/aromatic N) is 1. The standard InChI is InChI=1S/C30H45NO7Si/c1-18(12-13-21-19(2)23(35-8)16-24(36-9)27(21)28(33)34)22(32)15-25-30(6,7)26(14-20(17-31)37-25)38-39(10,11)29(3,4)5/h16,18,20,22,25-26,32H,14-15H2,1-11H3,(H,33,34)/t18-,20-,22-,25+,26+/m0/s1. The number of hydrogen-bond donors (Lipinski definition) is 2. The Kier molecular flexibility index (Phi) is 10.3. The molecule has 1 aliphatic heterocycles. The monoisotopic (exact) mass is 559 g/mol. The zero-order valence-electron chi connectivity index (χ0n) is 25.3. The van der Waals surface area contributed by atoms with Gasteiger partial charge in [-0.05, 0) is 32.0 Å². The van der Waals surface area contributed by atoms with Gasteiger partial charge in [-0.3, -0.25) is 0 Å². The van der Waals surface area contributed by atoms with Gasteiger partial charge in [0.15, 0.2) is 8.32 Å². The number of hydrogen-bond acceptors (Lipinski definition) is 7. The third-order valence-electron chi connectivity index (χ3n) is 8.42. The van der Waals surface area contributed by atoms with E-state index >= 15 is 0 Å². The van der Waals surface area contributed by atoms with Crippen molar-refractivity contribution in [3.63, 3.8) is 0 Å². The summed E-state index contributed by atoms with van der Waals surface area (Å²) in [5, 5.41) is 30.7. The van der Waals surface area contributed by atoms with Gasteiger partial charge in [0.25, 0.3) is 0 Å². The first kappa shape index (κ1) is 32.6. The molecule has 0 spiro atoms. The molecule has 39 heavy (non-hydrogen) atoms. The van der Waals surface area contributed by atoms with Crippen molar-refractivity contribution in [3.8, 4) is 29.4 Å². The molecule has 0 saturated carbocycles. The Morgan fingerprint density at radius 3 is 2.33 bits per heavy atom. The molecule has 2 rings (SSSR count). The van der Waals surface area contributed by atoms with Crippen molar-refractivity contribution < 1.29 is 33.6 Å². The quantitative estimate of drug-likeness (QED) is 0.315. The summed E-state index contributed by atoms with van der Waals surface area (Å²) in [6.45, 7) is 18.6. The number of aliphatic hydroxyl groups is 1. The number of carboxylic acid groups (broad SMARTS) is 1. The lowest BCUT2D eigenvalue weighted by atomic mass is 9.73. The predicted octanol–water partition coefficient (Wildman–Crippen LogP) is 5.55. The van der Waals surface area contributed by atoms with Crippen LogP contribution in [0.3, 0.4) is 0 Å². The van der Waals surface area contributed by atoms with Gasteiger partial charge in [0.05, 0.1) is 38.6 Å². The van der Waals surface area contributed by atoms with Gasteiger partial charge in [-0.2, -0.15) is 5.26 Å². The summed E-state index contributed by atoms with van der Waals surface area (Å²) < 4.78 is 23.6. The van der Waals surface area contributed by atoms with Crippen LogP contribution in [0.4, 0.5) is 0 Å². The highest BCUT2D eigenvalue weighted by molar-refractivity contribution is 6.74. The van der Waals surface area contributed by atoms with Crippen molar-refractivity contribution in [3.05, 3.63) is 22.8 Å². The van der Waals surface area contributed by atoms with Gasteiger partial charge in [0.2, 0.25) is 0 Å². The molecule has 0 aliphatic carbocycles. The summed E-state index contributed by atoms with van der Waals surface area (Å²) in [5.74, 6) is 4.93. The summed E-state index contributed by atoms with van der Waals surface area (Å²) in [6, 6.07) is 3.77. The topological polar surface area (TPSA) is 118 Å². The molecule has 9 heteroatoms. The van der Waals surface area contributed by atoms with E-state index < -0.39 is 43.9 Å². The van der Waals surface area contributed by atoms with Crippen LogP contribution in [0.5, 0.6) is 11.5 Å². The summed E-state index contributed by atoms with van der Waals surface area (Å²) in [5.41, 5.74) is 0.345. The Morgan fingerprint density at radius 2 is 1.85 bits per heavy atom. The molecule has 1 saturated heterocycles. The van der Waals surface area contributed by atoms with Crippen molar-refractivity contribution in [1.82, 2.24) is 0 Å². The normalized spacial score (nSPS) is 22.6. The van der Waals surface area contributed by atoms with Crippen molar-refractivity contribution in [2.75, 3.05) is 14.2 Å². The fourth-order valence-corrected chi connectivity index (χ4v) is 5.96. The van der Waals surface area contributed by atoms with Crippen molar-refractivity contribution in [2.45, 2.75) is 104 Å². The SMILES string of the molecule is COc1cc(OC)c(C(=O)O)c(C#C[C@H](C)[C@@H](O)C[C@H]2O[C@H](C#N)C[C@@H](O[Si](C)(C)C(C)(C)C)C2(C)C)c1C. The third kappa shape index (κ3) is 7.15. The lowest BCUT2D eigenvalue weighted by Gasteiger charge is -2.51. The average molecular weight is 560 g/mol. The smallest absolute Gasteiger partial charge is 0.340 e. The van der Waals surface area contributed by atoms with Crippen LogP contribution in [-0.4, -0.2) is 63.1 Å². The number of aromatic carboxylic acids is 1. The molecule has 1 heterocycles. The molecule has 1 aromatic rings. The Bertz CT molecular complexity index is 1150. The van der Waals surface area contributed by atoms with Gasteiger partial charge in [-0.1, -0.05) is 46.5 Å². The lowest BCUT2D eigenvalue weighted by molar-refractivity contribution is -0.164. The van der Waals surface area contributed by atoms with E-state index in [4.69, 9.17) is 18.6 Å². The first-order valence-electron chi connectivity index (χ1n) is 13.3. The van der Waals surface area contributed by atoms with Crippen LogP contribution in [0.1, 0.15) is 75.9 Å². The molecule has 0 bridgehead atoms. The van der Waals surface area contributed by atoms with Gasteiger partial charge in [0.1, 0.15) is 23.2 Å². The van der Waals surface area contributed by atoms with Crippen LogP contribution in [0.25, 0.3) is 0 Å². The van der Waals surface area contributed by atoms with E-state index in [1.54, 1.807) is 13.8 Å². The average Bonchev–Trinajstić information content (AvgIpc) is 2.83. The molecule has 8 nitrogen and oxygen atoms in total. The minimum atomic E-state index is -2.12. The van der Waals surface area contributed by atoms with Gasteiger partial charge < -0.3 is 28.8 Å². The zero-order chi connectivity index (χ0) is 29.9. The highest BCUT2D eigenvalue weighted by Crippen LogP contribution is 2.45. The maximum atomic E-state index is 12.0. The number of rotatable bonds is 8. The maximum Gasteiger partial charge on any atom is 0.340 e. The molecule has 1 aromatic carbocycles. The Balaban J connectivity index is 2.36. The molecule has 2 N–H and O–H groups in total. The number of ether oxygens (including phenoxy) is 3. The number of benzene rings is 1. The highest BCUT2D eigenvalue weighted by Gasteiger charge is 2.50. The molecular weight excluding hydrogens is 514 g/mol. The van der Waals surface area contributed by atoms with Gasteiger partial charge in [0, 0.05) is 41.4 Å². The van der Waals surface area contributed by atoms with Crippen molar-refractivity contribution in [2.24, 2.45) is 11.3 Å². The second kappa shape index (κ2) is 12.3. The van der Waals surface area contributed by atoms with E-state index in [0.29, 0.717) is 17.7 Å². The zero-order valence-corrected chi connectivity index (χ0v) is 26.3. The molecule has 0 unspecified atom stereocenters. The molecular formula is C30H45NO7Si. The van der Waals surface area contributed by atoms with Crippen LogP contribution in [-0.2, 0) is 9.16 Å². The van der Waals surface area contributed by atoms with Gasteiger partial charge >= 0.3 is 5.97 Å². The minimum absolute atomic E-state index is 0.0123. The molecule has 1 fully saturated rings. The van der Waals surface area contributed by atoms with Crippen LogP contribution in [0, 0.1) is 41.4 Å². The minimum Gasteiger partial charge on any atom is -0.496 e. The largest absolute Gasteiger partial charge is 0.496 e. The van der Waals surface area contributed by atoms with E-state index in [-0.39, 0.29) is 34.4 Å². The molecule has 5 atom stereocenters. The number of methoxy groups -OCH3 is 2. The maximum absolute atomic E-state index is 12.0. The first-order chi connectivity index (χ1) is 17.9. The fraction of sp³-hybridized carbons (Fsp3) is 0.667. The van der Waals surface area contributed by atoms with E-state index in [2.05, 4.69) is 65.6 Å². The van der Waals surface area contributed by atoms with Crippen molar-refractivity contribution >= 4 is 14.3 Å². The van der Waals surface area contributed by atoms with Crippen LogP contribution < -0.4 is 9.47 Å². The predicted molar refractivity (Wildman–Crippen MR) is 153 cm³/mol. The Hall–Kier alpha value is -2.56. The van der Waals surface area contributed by atoms with Gasteiger partial charge in [-0.15, -0.1) is 0 Å². The van der Waals surface area contributed by atoms with Crippen LogP contribution in [0.15, 0.2) is 6.07 Å². The fourth-order valence-electron chi connectivity index (χ4n) is 4.49. The summed E-state index contributed by atoms with van der Waals surface area (Å²) in [4.78, 5) is 12.0. The van der Waals surface area contributed by atoms with E-state index in [9.17, 15) is 20.3 Å². The molecule has 0 radical (unpaired) electrons. The summed E-state index contributed by atoms with van der Waals surface area (Å²) in [7, 11) is 0.767. The van der Waals surface area contributed by atoms with Crippen molar-refractivity contribution in [1.29, 1.82) is 5.26 Å². The second-order valence-electron chi connectivity index (χ2n) is 12.5. The van der Waals surface area contributed by atoms with Crippen LogP contribution in [0.2, 0.25) is 18.1 Å². The first-order valence-corrected chi connectivity index (χ1v) is 16.2. The molecule has 0 amide bonds.